The molecule has 7 nitrogen and oxygen atoms in total. The second kappa shape index (κ2) is 9.30. The van der Waals surface area contributed by atoms with Gasteiger partial charge < -0.3 is 10.4 Å². The molecule has 136 valence electrons. The average Bonchev–Trinajstić information content (AvgIpc) is 2.93. The summed E-state index contributed by atoms with van der Waals surface area (Å²) in [5.41, 5.74) is 1.75. The van der Waals surface area contributed by atoms with E-state index in [1.54, 1.807) is 12.1 Å². The highest BCUT2D eigenvalue weighted by molar-refractivity contribution is 7.13. The summed E-state index contributed by atoms with van der Waals surface area (Å²) >= 11 is 1.32. The van der Waals surface area contributed by atoms with Crippen LogP contribution in [-0.4, -0.2) is 27.1 Å². The van der Waals surface area contributed by atoms with Gasteiger partial charge in [-0.1, -0.05) is 12.1 Å². The molecule has 4 N–H and O–H groups in total. The van der Waals surface area contributed by atoms with Crippen LogP contribution in [0.5, 0.6) is 0 Å². The fourth-order valence-corrected chi connectivity index (χ4v) is 2.84. The second-order valence-electron chi connectivity index (χ2n) is 5.16. The van der Waals surface area contributed by atoms with Gasteiger partial charge in [-0.3, -0.25) is 4.79 Å². The Bertz CT molecular complexity index is 756. The molecular weight excluding hydrogens is 371 g/mol. The van der Waals surface area contributed by atoms with Gasteiger partial charge in [0.1, 0.15) is 5.82 Å². The predicted octanol–water partition coefficient (Wildman–Crippen LogP) is 2.80. The highest BCUT2D eigenvalue weighted by atomic mass is 35.5. The van der Waals surface area contributed by atoms with Gasteiger partial charge in [-0.25, -0.2) is 25.0 Å². The lowest BCUT2D eigenvalue weighted by Gasteiger charge is -2.13. The van der Waals surface area contributed by atoms with Gasteiger partial charge in [-0.05, 0) is 30.0 Å². The maximum atomic E-state index is 14.1. The molecule has 0 atom stereocenters. The first-order valence-electron chi connectivity index (χ1n) is 7.09. The van der Waals surface area contributed by atoms with E-state index in [0.29, 0.717) is 34.1 Å². The zero-order valence-corrected chi connectivity index (χ0v) is 15.0. The smallest absolute Gasteiger partial charge is 0.421 e. The van der Waals surface area contributed by atoms with Gasteiger partial charge in [0.15, 0.2) is 5.13 Å². The van der Waals surface area contributed by atoms with Gasteiger partial charge in [0, 0.05) is 12.3 Å². The van der Waals surface area contributed by atoms with E-state index in [1.807, 2.05) is 5.38 Å². The van der Waals surface area contributed by atoms with Crippen molar-refractivity contribution in [3.8, 4) is 0 Å². The quantitative estimate of drug-likeness (QED) is 0.400. The Morgan fingerprint density at radius 2 is 2.12 bits per heavy atom. The Morgan fingerprint density at radius 3 is 2.72 bits per heavy atom. The zero-order chi connectivity index (χ0) is 17.7. The standard InChI is InChI=1S/C15H17FN4O3S.ClH/c1-9(21)18-14-19-12(8-24-14)5-4-11-3-2-10(6-13(11)16)7-20(17)15(22)23;/h2-3,6,8H,4-5,7,17H2,1H3,(H,22,23)(H,18,19,21);1H. The average molecular weight is 389 g/mol. The van der Waals surface area contributed by atoms with Crippen molar-refractivity contribution in [2.45, 2.75) is 26.3 Å². The van der Waals surface area contributed by atoms with Crippen LogP contribution in [-0.2, 0) is 24.2 Å². The monoisotopic (exact) mass is 388 g/mol. The number of aryl methyl sites for hydroxylation is 2. The fraction of sp³-hybridized carbons (Fsp3) is 0.267. The molecule has 0 aliphatic heterocycles. The summed E-state index contributed by atoms with van der Waals surface area (Å²) in [6, 6.07) is 4.54. The van der Waals surface area contributed by atoms with Gasteiger partial charge in [0.05, 0.1) is 12.2 Å². The molecule has 1 aromatic heterocycles. The number of nitrogens with one attached hydrogen (secondary N) is 1. The largest absolute Gasteiger partial charge is 0.464 e. The molecule has 10 heteroatoms. The summed E-state index contributed by atoms with van der Waals surface area (Å²) in [6.07, 6.45) is -0.302. The van der Waals surface area contributed by atoms with Crippen LogP contribution < -0.4 is 11.2 Å². The third-order valence-electron chi connectivity index (χ3n) is 3.20. The molecule has 0 unspecified atom stereocenters. The van der Waals surface area contributed by atoms with Crippen molar-refractivity contribution in [2.24, 2.45) is 5.84 Å². The van der Waals surface area contributed by atoms with Gasteiger partial charge in [0.25, 0.3) is 0 Å². The normalized spacial score (nSPS) is 10.0. The Labute approximate surface area is 154 Å². The molecule has 2 amide bonds. The Hall–Kier alpha value is -2.23. The number of hydrogen-bond acceptors (Lipinski definition) is 5. The second-order valence-corrected chi connectivity index (χ2v) is 6.02. The Morgan fingerprint density at radius 1 is 1.40 bits per heavy atom. The molecule has 0 fully saturated rings. The minimum absolute atomic E-state index is 0. The Balaban J connectivity index is 0.00000312. The van der Waals surface area contributed by atoms with E-state index in [0.717, 1.165) is 5.69 Å². The van der Waals surface area contributed by atoms with Crippen LogP contribution >= 0.6 is 23.7 Å². The molecular formula is C15H18ClFN4O3S. The number of aromatic nitrogens is 1. The first-order chi connectivity index (χ1) is 11.3. The molecule has 0 spiro atoms. The number of nitrogens with two attached hydrogens (primary N) is 1. The molecule has 2 aromatic rings. The third kappa shape index (κ3) is 6.29. The maximum absolute atomic E-state index is 14.1. The summed E-state index contributed by atoms with van der Waals surface area (Å²) in [4.78, 5) is 25.9. The van der Waals surface area contributed by atoms with Crippen LogP contribution in [0.1, 0.15) is 23.7 Å². The van der Waals surface area contributed by atoms with Crippen molar-refractivity contribution in [2.75, 3.05) is 5.32 Å². The lowest BCUT2D eigenvalue weighted by molar-refractivity contribution is -0.114. The van der Waals surface area contributed by atoms with Gasteiger partial charge in [-0.15, -0.1) is 23.7 Å². The number of halogens is 2. The summed E-state index contributed by atoms with van der Waals surface area (Å²) in [7, 11) is 0. The number of rotatable bonds is 6. The van der Waals surface area contributed by atoms with E-state index >= 15 is 0 Å². The number of anilines is 1. The molecule has 1 heterocycles. The summed E-state index contributed by atoms with van der Waals surface area (Å²) in [5.74, 6) is 4.68. The minimum atomic E-state index is -1.28. The molecule has 0 bridgehead atoms. The molecule has 25 heavy (non-hydrogen) atoms. The van der Waals surface area contributed by atoms with E-state index in [-0.39, 0.29) is 24.9 Å². The van der Waals surface area contributed by atoms with Crippen LogP contribution in [0.25, 0.3) is 0 Å². The minimum Gasteiger partial charge on any atom is -0.464 e. The highest BCUT2D eigenvalue weighted by Gasteiger charge is 2.10. The summed E-state index contributed by atoms with van der Waals surface area (Å²) in [5, 5.41) is 14.2. The maximum Gasteiger partial charge on any atom is 0.421 e. The Kier molecular flexibility index (Phi) is 7.75. The van der Waals surface area contributed by atoms with E-state index in [1.165, 1.54) is 24.3 Å². The predicted molar refractivity (Wildman–Crippen MR) is 95.2 cm³/mol. The molecule has 0 radical (unpaired) electrons. The highest BCUT2D eigenvalue weighted by Crippen LogP contribution is 2.18. The molecule has 0 saturated carbocycles. The van der Waals surface area contributed by atoms with Crippen LogP contribution in [0.3, 0.4) is 0 Å². The van der Waals surface area contributed by atoms with Crippen LogP contribution in [0.15, 0.2) is 23.6 Å². The van der Waals surface area contributed by atoms with Crippen LogP contribution in [0, 0.1) is 5.82 Å². The van der Waals surface area contributed by atoms with Crippen molar-refractivity contribution in [1.29, 1.82) is 0 Å². The number of thiazole rings is 1. The number of amides is 2. The van der Waals surface area contributed by atoms with E-state index in [9.17, 15) is 14.0 Å². The number of hydrazine groups is 1. The lowest BCUT2D eigenvalue weighted by Crippen LogP contribution is -2.35. The van der Waals surface area contributed by atoms with E-state index in [4.69, 9.17) is 10.9 Å². The number of carboxylic acid groups (broad SMARTS) is 1. The molecule has 0 aliphatic rings. The van der Waals surface area contributed by atoms with Crippen LogP contribution in [0.4, 0.5) is 14.3 Å². The molecule has 0 aliphatic carbocycles. The van der Waals surface area contributed by atoms with Gasteiger partial charge in [0.2, 0.25) is 5.91 Å². The fourth-order valence-electron chi connectivity index (χ4n) is 2.05. The third-order valence-corrected chi connectivity index (χ3v) is 4.01. The molecule has 0 saturated heterocycles. The SMILES string of the molecule is CC(=O)Nc1nc(CCc2ccc(CN(N)C(=O)O)cc2F)cs1.Cl. The van der Waals surface area contributed by atoms with Crippen molar-refractivity contribution >= 4 is 40.9 Å². The topological polar surface area (TPSA) is 109 Å². The summed E-state index contributed by atoms with van der Waals surface area (Å²) in [6.45, 7) is 1.32. The zero-order valence-electron chi connectivity index (χ0n) is 13.4. The lowest BCUT2D eigenvalue weighted by atomic mass is 10.1. The van der Waals surface area contributed by atoms with E-state index < -0.39 is 11.9 Å². The number of carbonyl (C=O) groups excluding carboxylic acids is 1. The first kappa shape index (κ1) is 20.8. The first-order valence-corrected chi connectivity index (χ1v) is 7.97. The van der Waals surface area contributed by atoms with E-state index in [2.05, 4.69) is 10.3 Å². The summed E-state index contributed by atoms with van der Waals surface area (Å²) < 4.78 is 14.1. The van der Waals surface area contributed by atoms with Crippen LogP contribution in [0.2, 0.25) is 0 Å². The van der Waals surface area contributed by atoms with Crippen molar-refractivity contribution in [3.63, 3.8) is 0 Å². The number of benzene rings is 1. The van der Waals surface area contributed by atoms with Crippen molar-refractivity contribution in [1.82, 2.24) is 9.99 Å². The van der Waals surface area contributed by atoms with Gasteiger partial charge in [-0.2, -0.15) is 0 Å². The van der Waals surface area contributed by atoms with Crippen molar-refractivity contribution in [3.05, 3.63) is 46.2 Å². The van der Waals surface area contributed by atoms with Gasteiger partial charge >= 0.3 is 6.09 Å². The number of carbonyl (C=O) groups is 2. The van der Waals surface area contributed by atoms with Crippen molar-refractivity contribution < 1.29 is 19.1 Å². The number of nitrogens with zero attached hydrogens (tertiary/aromatic N) is 2. The molecule has 1 aromatic carbocycles. The number of hydrogen-bond donors (Lipinski definition) is 3. The molecule has 2 rings (SSSR count).